The summed E-state index contributed by atoms with van der Waals surface area (Å²) in [5, 5.41) is 4.40. The highest BCUT2D eigenvalue weighted by atomic mass is 19.4. The first-order valence-corrected chi connectivity index (χ1v) is 12.1. The highest BCUT2D eigenvalue weighted by molar-refractivity contribution is 5.80. The van der Waals surface area contributed by atoms with Gasteiger partial charge >= 0.3 is 12.3 Å². The van der Waals surface area contributed by atoms with Gasteiger partial charge in [0, 0.05) is 38.5 Å². The molecule has 9 heteroatoms. The molecule has 0 saturated heterocycles. The number of alkyl halides is 3. The van der Waals surface area contributed by atoms with Crippen LogP contribution in [-0.2, 0) is 24.1 Å². The molecule has 2 aliphatic rings. The van der Waals surface area contributed by atoms with Crippen molar-refractivity contribution in [1.29, 1.82) is 0 Å². The lowest BCUT2D eigenvalue weighted by molar-refractivity contribution is -0.137. The van der Waals surface area contributed by atoms with E-state index in [1.807, 2.05) is 20.8 Å². The minimum Gasteiger partial charge on any atom is -0.442 e. The number of carbonyl (C=O) groups excluding carboxylic acids is 1. The largest absolute Gasteiger partial charge is 0.442 e. The zero-order chi connectivity index (χ0) is 24.1. The van der Waals surface area contributed by atoms with Crippen LogP contribution in [0.5, 0.6) is 0 Å². The third-order valence-electron chi connectivity index (χ3n) is 6.44. The van der Waals surface area contributed by atoms with Crippen LogP contribution in [0.2, 0.25) is 0 Å². The van der Waals surface area contributed by atoms with Crippen molar-refractivity contribution in [2.45, 2.75) is 90.5 Å². The van der Waals surface area contributed by atoms with Crippen molar-refractivity contribution < 1.29 is 22.7 Å². The lowest BCUT2D eigenvalue weighted by Crippen LogP contribution is -2.30. The summed E-state index contributed by atoms with van der Waals surface area (Å²) in [7, 11) is 0. The number of amides is 1. The lowest BCUT2D eigenvalue weighted by Gasteiger charge is -2.28. The number of aliphatic imine (C=N–C) groups is 1. The van der Waals surface area contributed by atoms with Gasteiger partial charge in [0.05, 0.1) is 12.1 Å². The SMILES string of the molecule is CC(C)(C)OC(=O)/N=C\C1CCC(CCN2CCc3cn(CCC(F)(F)F)nc3CC2)CC1. The number of aromatic nitrogens is 2. The fourth-order valence-electron chi connectivity index (χ4n) is 4.60. The number of fused-ring (bicyclic) bond motifs is 1. The Balaban J connectivity index is 1.35. The molecule has 0 bridgehead atoms. The van der Waals surface area contributed by atoms with Crippen LogP contribution in [0.4, 0.5) is 18.0 Å². The molecule has 1 fully saturated rings. The molecule has 0 atom stereocenters. The van der Waals surface area contributed by atoms with Crippen LogP contribution >= 0.6 is 0 Å². The van der Waals surface area contributed by atoms with Crippen LogP contribution in [0.1, 0.15) is 70.6 Å². The Bertz CT molecular complexity index is 780. The van der Waals surface area contributed by atoms with E-state index in [9.17, 15) is 18.0 Å². The normalized spacial score (nSPS) is 22.8. The van der Waals surface area contributed by atoms with Crippen molar-refractivity contribution >= 4 is 12.3 Å². The van der Waals surface area contributed by atoms with Gasteiger partial charge in [0.1, 0.15) is 5.60 Å². The van der Waals surface area contributed by atoms with Crippen molar-refractivity contribution in [3.63, 3.8) is 0 Å². The van der Waals surface area contributed by atoms with E-state index in [4.69, 9.17) is 4.74 Å². The van der Waals surface area contributed by atoms with Gasteiger partial charge < -0.3 is 9.64 Å². The second-order valence-electron chi connectivity index (χ2n) is 10.4. The Morgan fingerprint density at radius 3 is 2.52 bits per heavy atom. The van der Waals surface area contributed by atoms with Gasteiger partial charge in [-0.15, -0.1) is 0 Å². The van der Waals surface area contributed by atoms with Gasteiger partial charge in [0.2, 0.25) is 0 Å². The number of hydrogen-bond donors (Lipinski definition) is 0. The predicted octanol–water partition coefficient (Wildman–Crippen LogP) is 5.44. The van der Waals surface area contributed by atoms with Crippen LogP contribution < -0.4 is 0 Å². The maximum atomic E-state index is 12.5. The highest BCUT2D eigenvalue weighted by Gasteiger charge is 2.27. The molecule has 1 aromatic rings. The summed E-state index contributed by atoms with van der Waals surface area (Å²) in [5.74, 6) is 1.03. The third kappa shape index (κ3) is 9.10. The first kappa shape index (κ1) is 25.7. The monoisotopic (exact) mass is 470 g/mol. The van der Waals surface area contributed by atoms with E-state index < -0.39 is 24.3 Å². The Morgan fingerprint density at radius 1 is 1.15 bits per heavy atom. The molecule has 33 heavy (non-hydrogen) atoms. The predicted molar refractivity (Wildman–Crippen MR) is 122 cm³/mol. The summed E-state index contributed by atoms with van der Waals surface area (Å²) in [6, 6.07) is 0. The number of carbonyl (C=O) groups is 1. The van der Waals surface area contributed by atoms with Gasteiger partial charge in [-0.1, -0.05) is 0 Å². The zero-order valence-corrected chi connectivity index (χ0v) is 20.0. The summed E-state index contributed by atoms with van der Waals surface area (Å²) < 4.78 is 44.0. The second kappa shape index (κ2) is 11.0. The fourth-order valence-corrected chi connectivity index (χ4v) is 4.60. The number of rotatable bonds is 6. The van der Waals surface area contributed by atoms with Gasteiger partial charge in [-0.05, 0) is 83.2 Å². The van der Waals surface area contributed by atoms with E-state index in [1.165, 1.54) is 4.68 Å². The number of hydrogen-bond acceptors (Lipinski definition) is 4. The van der Waals surface area contributed by atoms with Gasteiger partial charge in [-0.25, -0.2) is 4.79 Å². The van der Waals surface area contributed by atoms with Gasteiger partial charge in [0.15, 0.2) is 0 Å². The zero-order valence-electron chi connectivity index (χ0n) is 20.0. The first-order valence-electron chi connectivity index (χ1n) is 12.1. The van der Waals surface area contributed by atoms with Crippen molar-refractivity contribution in [3.05, 3.63) is 17.5 Å². The molecule has 2 heterocycles. The molecular formula is C24H37F3N4O2. The molecule has 6 nitrogen and oxygen atoms in total. The third-order valence-corrected chi connectivity index (χ3v) is 6.44. The van der Waals surface area contributed by atoms with Gasteiger partial charge in [0.25, 0.3) is 0 Å². The minimum absolute atomic E-state index is 0.106. The van der Waals surface area contributed by atoms with Crippen molar-refractivity contribution in [2.24, 2.45) is 16.8 Å². The molecule has 0 N–H and O–H groups in total. The fraction of sp³-hybridized carbons (Fsp3) is 0.792. The summed E-state index contributed by atoms with van der Waals surface area (Å²) in [6.07, 6.45) is 5.24. The molecule has 0 radical (unpaired) electrons. The van der Waals surface area contributed by atoms with E-state index in [0.717, 1.165) is 75.8 Å². The van der Waals surface area contributed by atoms with Crippen LogP contribution in [0.3, 0.4) is 0 Å². The standard InChI is InChI=1S/C24H37F3N4O2/c1-23(2,3)33-22(32)28-16-19-6-4-18(5-7-19)8-12-30-13-9-20-17-31(15-11-24(25,26)27)29-21(20)10-14-30/h16-19H,4-15H2,1-3H3/b28-16-. The van der Waals surface area contributed by atoms with Gasteiger partial charge in [-0.3, -0.25) is 4.68 Å². The molecule has 1 aromatic heterocycles. The number of nitrogens with zero attached hydrogens (tertiary/aromatic N) is 4. The van der Waals surface area contributed by atoms with Crippen LogP contribution in [0.15, 0.2) is 11.2 Å². The number of ether oxygens (including phenoxy) is 1. The summed E-state index contributed by atoms with van der Waals surface area (Å²) >= 11 is 0. The van der Waals surface area contributed by atoms with E-state index >= 15 is 0 Å². The Labute approximate surface area is 194 Å². The van der Waals surface area contributed by atoms with E-state index in [1.54, 1.807) is 12.4 Å². The Morgan fingerprint density at radius 2 is 1.85 bits per heavy atom. The molecule has 1 aliphatic carbocycles. The molecule has 186 valence electrons. The smallest absolute Gasteiger partial charge is 0.433 e. The van der Waals surface area contributed by atoms with E-state index in [0.29, 0.717) is 11.8 Å². The number of halogens is 3. The number of aryl methyl sites for hydroxylation is 1. The molecule has 0 aromatic carbocycles. The maximum Gasteiger partial charge on any atom is 0.433 e. The molecule has 3 rings (SSSR count). The van der Waals surface area contributed by atoms with Crippen molar-refractivity contribution in [3.8, 4) is 0 Å². The maximum absolute atomic E-state index is 12.5. The molecular weight excluding hydrogens is 433 g/mol. The van der Waals surface area contributed by atoms with E-state index in [-0.39, 0.29) is 6.54 Å². The Kier molecular flexibility index (Phi) is 8.59. The van der Waals surface area contributed by atoms with Crippen LogP contribution in [0.25, 0.3) is 0 Å². The summed E-state index contributed by atoms with van der Waals surface area (Å²) in [6.45, 7) is 8.27. The topological polar surface area (TPSA) is 59.7 Å². The minimum atomic E-state index is -4.15. The molecule has 0 unspecified atom stereocenters. The summed E-state index contributed by atoms with van der Waals surface area (Å²) in [4.78, 5) is 18.2. The second-order valence-corrected chi connectivity index (χ2v) is 10.4. The van der Waals surface area contributed by atoms with Gasteiger partial charge in [-0.2, -0.15) is 23.3 Å². The lowest BCUT2D eigenvalue weighted by atomic mass is 9.81. The van der Waals surface area contributed by atoms with Crippen LogP contribution in [0, 0.1) is 11.8 Å². The first-order chi connectivity index (χ1) is 15.5. The summed E-state index contributed by atoms with van der Waals surface area (Å²) in [5.41, 5.74) is 1.52. The average molecular weight is 471 g/mol. The van der Waals surface area contributed by atoms with E-state index in [2.05, 4.69) is 15.0 Å². The molecule has 1 aliphatic heterocycles. The van der Waals surface area contributed by atoms with Crippen molar-refractivity contribution in [2.75, 3.05) is 19.6 Å². The quantitative estimate of drug-likeness (QED) is 0.520. The molecule has 1 saturated carbocycles. The average Bonchev–Trinajstić information content (AvgIpc) is 3.02. The Hall–Kier alpha value is -1.90. The highest BCUT2D eigenvalue weighted by Crippen LogP contribution is 2.30. The molecule has 1 amide bonds. The van der Waals surface area contributed by atoms with Crippen LogP contribution in [-0.4, -0.2) is 58.4 Å². The van der Waals surface area contributed by atoms with Crippen molar-refractivity contribution in [1.82, 2.24) is 14.7 Å². The molecule has 0 spiro atoms.